The predicted octanol–water partition coefficient (Wildman–Crippen LogP) is 2.32. The predicted molar refractivity (Wildman–Crippen MR) is 106 cm³/mol. The van der Waals surface area contributed by atoms with Crippen LogP contribution in [0.15, 0.2) is 34.9 Å². The molecule has 1 aromatic heterocycles. The number of carbonyl (C=O) groups is 3. The first-order valence-corrected chi connectivity index (χ1v) is 10.0. The van der Waals surface area contributed by atoms with E-state index in [1.54, 1.807) is 43.0 Å². The third-order valence-electron chi connectivity index (χ3n) is 3.72. The third kappa shape index (κ3) is 6.73. The molecule has 0 fully saturated rings. The Morgan fingerprint density at radius 1 is 1.25 bits per heavy atom. The Hall–Kier alpha value is -2.81. The number of aryl methyl sites for hydroxylation is 2. The van der Waals surface area contributed by atoms with Crippen molar-refractivity contribution in [1.82, 2.24) is 10.5 Å². The number of rotatable bonds is 9. The van der Waals surface area contributed by atoms with E-state index >= 15 is 0 Å². The Morgan fingerprint density at radius 2 is 2.04 bits per heavy atom. The van der Waals surface area contributed by atoms with Crippen molar-refractivity contribution >= 4 is 35.4 Å². The highest BCUT2D eigenvalue weighted by Gasteiger charge is 2.23. The van der Waals surface area contributed by atoms with E-state index in [1.165, 1.54) is 0 Å². The summed E-state index contributed by atoms with van der Waals surface area (Å²) < 4.78 is 9.91. The summed E-state index contributed by atoms with van der Waals surface area (Å²) in [4.78, 5) is 36.7. The van der Waals surface area contributed by atoms with Gasteiger partial charge in [-0.05, 0) is 44.4 Å². The number of ether oxygens (including phenoxy) is 1. The molecule has 2 aromatic rings. The van der Waals surface area contributed by atoms with Crippen LogP contribution >= 0.6 is 11.8 Å². The highest BCUT2D eigenvalue weighted by atomic mass is 32.2. The molecular formula is C19H23N3O5S. The summed E-state index contributed by atoms with van der Waals surface area (Å²) in [6, 6.07) is 7.76. The SMILES string of the molecule is CSCC[C@@H](NC(=O)c1cccc(C)c1)C(=O)OCC(=O)Nc1cc(C)on1. The van der Waals surface area contributed by atoms with Crippen molar-refractivity contribution in [3.8, 4) is 0 Å². The summed E-state index contributed by atoms with van der Waals surface area (Å²) in [5.41, 5.74) is 1.40. The van der Waals surface area contributed by atoms with Gasteiger partial charge in [-0.1, -0.05) is 22.9 Å². The number of amides is 2. The Kier molecular flexibility index (Phi) is 8.06. The fraction of sp³-hybridized carbons (Fsp3) is 0.368. The largest absolute Gasteiger partial charge is 0.454 e. The van der Waals surface area contributed by atoms with E-state index in [0.29, 0.717) is 23.5 Å². The van der Waals surface area contributed by atoms with Crippen molar-refractivity contribution in [2.75, 3.05) is 23.9 Å². The van der Waals surface area contributed by atoms with Crippen LogP contribution < -0.4 is 10.6 Å². The molecule has 0 spiro atoms. The topological polar surface area (TPSA) is 111 Å². The van der Waals surface area contributed by atoms with Gasteiger partial charge < -0.3 is 19.9 Å². The molecule has 0 aliphatic rings. The van der Waals surface area contributed by atoms with Crippen LogP contribution in [0.3, 0.4) is 0 Å². The molecule has 1 heterocycles. The van der Waals surface area contributed by atoms with Gasteiger partial charge in [0.1, 0.15) is 11.8 Å². The molecule has 0 radical (unpaired) electrons. The number of hydrogen-bond acceptors (Lipinski definition) is 7. The molecule has 1 atom stereocenters. The maximum atomic E-state index is 12.4. The van der Waals surface area contributed by atoms with Crippen LogP contribution in [-0.2, 0) is 14.3 Å². The Bertz CT molecular complexity index is 836. The van der Waals surface area contributed by atoms with Crippen LogP contribution in [-0.4, -0.2) is 47.6 Å². The minimum Gasteiger partial charge on any atom is -0.454 e. The second-order valence-electron chi connectivity index (χ2n) is 6.16. The Labute approximate surface area is 167 Å². The van der Waals surface area contributed by atoms with Gasteiger partial charge in [0, 0.05) is 11.6 Å². The summed E-state index contributed by atoms with van der Waals surface area (Å²) >= 11 is 1.54. The lowest BCUT2D eigenvalue weighted by molar-refractivity contribution is -0.149. The molecule has 2 amide bonds. The zero-order valence-electron chi connectivity index (χ0n) is 16.0. The molecule has 0 saturated carbocycles. The second kappa shape index (κ2) is 10.5. The van der Waals surface area contributed by atoms with Crippen molar-refractivity contribution in [3.05, 3.63) is 47.2 Å². The molecule has 0 aliphatic heterocycles. The number of hydrogen-bond donors (Lipinski definition) is 2. The fourth-order valence-electron chi connectivity index (χ4n) is 2.35. The number of esters is 1. The molecule has 150 valence electrons. The maximum Gasteiger partial charge on any atom is 0.329 e. The van der Waals surface area contributed by atoms with Crippen molar-refractivity contribution in [1.29, 1.82) is 0 Å². The van der Waals surface area contributed by atoms with Crippen LogP contribution in [0, 0.1) is 13.8 Å². The highest BCUT2D eigenvalue weighted by molar-refractivity contribution is 7.98. The monoisotopic (exact) mass is 405 g/mol. The van der Waals surface area contributed by atoms with Crippen molar-refractivity contribution in [2.24, 2.45) is 0 Å². The van der Waals surface area contributed by atoms with E-state index < -0.39 is 24.5 Å². The quantitative estimate of drug-likeness (QED) is 0.616. The molecule has 8 nitrogen and oxygen atoms in total. The van der Waals surface area contributed by atoms with Gasteiger partial charge in [0.2, 0.25) is 0 Å². The van der Waals surface area contributed by atoms with Crippen molar-refractivity contribution in [3.63, 3.8) is 0 Å². The van der Waals surface area contributed by atoms with Crippen LogP contribution in [0.1, 0.15) is 28.1 Å². The third-order valence-corrected chi connectivity index (χ3v) is 4.37. The number of carbonyl (C=O) groups excluding carboxylic acids is 3. The first kappa shape index (κ1) is 21.5. The molecule has 28 heavy (non-hydrogen) atoms. The molecule has 0 unspecified atom stereocenters. The van der Waals surface area contributed by atoms with Gasteiger partial charge in [0.25, 0.3) is 11.8 Å². The van der Waals surface area contributed by atoms with Gasteiger partial charge in [0.05, 0.1) is 0 Å². The molecular weight excluding hydrogens is 382 g/mol. The molecule has 1 aromatic carbocycles. The van der Waals surface area contributed by atoms with Gasteiger partial charge in [-0.3, -0.25) is 9.59 Å². The van der Waals surface area contributed by atoms with E-state index in [-0.39, 0.29) is 11.7 Å². The minimum absolute atomic E-state index is 0.241. The van der Waals surface area contributed by atoms with E-state index in [0.717, 1.165) is 5.56 Å². The minimum atomic E-state index is -0.845. The summed E-state index contributed by atoms with van der Waals surface area (Å²) in [6.07, 6.45) is 2.29. The van der Waals surface area contributed by atoms with Gasteiger partial charge in [-0.15, -0.1) is 0 Å². The zero-order chi connectivity index (χ0) is 20.5. The van der Waals surface area contributed by atoms with Gasteiger partial charge in [-0.25, -0.2) is 4.79 Å². The second-order valence-corrected chi connectivity index (χ2v) is 7.14. The first-order chi connectivity index (χ1) is 13.4. The summed E-state index contributed by atoms with van der Waals surface area (Å²) in [5.74, 6) is -0.141. The Morgan fingerprint density at radius 3 is 2.68 bits per heavy atom. The van der Waals surface area contributed by atoms with Crippen LogP contribution in [0.4, 0.5) is 5.82 Å². The standard InChI is InChI=1S/C19H23N3O5S/c1-12-5-4-6-14(9-12)18(24)20-15(7-8-28-3)19(25)26-11-17(23)21-16-10-13(2)27-22-16/h4-6,9-10,15H,7-8,11H2,1-3H3,(H,20,24)(H,21,22,23)/t15-/m1/s1. The van der Waals surface area contributed by atoms with Gasteiger partial charge in [-0.2, -0.15) is 11.8 Å². The number of thioether (sulfide) groups is 1. The van der Waals surface area contributed by atoms with E-state index in [1.807, 2.05) is 19.2 Å². The maximum absolute atomic E-state index is 12.4. The van der Waals surface area contributed by atoms with E-state index in [9.17, 15) is 14.4 Å². The van der Waals surface area contributed by atoms with E-state index in [2.05, 4.69) is 15.8 Å². The summed E-state index contributed by atoms with van der Waals surface area (Å²) in [5, 5.41) is 8.78. The number of aromatic nitrogens is 1. The first-order valence-electron chi connectivity index (χ1n) is 8.65. The summed E-state index contributed by atoms with van der Waals surface area (Å²) in [7, 11) is 0. The molecule has 0 aliphatic carbocycles. The number of benzene rings is 1. The highest BCUT2D eigenvalue weighted by Crippen LogP contribution is 2.09. The van der Waals surface area contributed by atoms with Crippen LogP contribution in [0.5, 0.6) is 0 Å². The van der Waals surface area contributed by atoms with Crippen LogP contribution in [0.25, 0.3) is 0 Å². The molecule has 2 N–H and O–H groups in total. The lowest BCUT2D eigenvalue weighted by Gasteiger charge is -2.17. The van der Waals surface area contributed by atoms with Gasteiger partial charge in [0.15, 0.2) is 12.4 Å². The fourth-order valence-corrected chi connectivity index (χ4v) is 2.83. The number of nitrogens with one attached hydrogen (secondary N) is 2. The molecule has 9 heteroatoms. The lowest BCUT2D eigenvalue weighted by atomic mass is 10.1. The van der Waals surface area contributed by atoms with Crippen LogP contribution in [0.2, 0.25) is 0 Å². The number of nitrogens with zero attached hydrogens (tertiary/aromatic N) is 1. The molecule has 0 bridgehead atoms. The summed E-state index contributed by atoms with van der Waals surface area (Å²) in [6.45, 7) is 3.09. The lowest BCUT2D eigenvalue weighted by Crippen LogP contribution is -2.43. The molecule has 0 saturated heterocycles. The zero-order valence-corrected chi connectivity index (χ0v) is 16.8. The van der Waals surface area contributed by atoms with Crippen molar-refractivity contribution in [2.45, 2.75) is 26.3 Å². The smallest absolute Gasteiger partial charge is 0.329 e. The van der Waals surface area contributed by atoms with Crippen molar-refractivity contribution < 1.29 is 23.6 Å². The average molecular weight is 405 g/mol. The number of anilines is 1. The Balaban J connectivity index is 1.92. The molecule has 2 rings (SSSR count). The normalized spacial score (nSPS) is 11.5. The van der Waals surface area contributed by atoms with Gasteiger partial charge >= 0.3 is 5.97 Å². The average Bonchev–Trinajstić information content (AvgIpc) is 3.07. The van der Waals surface area contributed by atoms with E-state index in [4.69, 9.17) is 9.26 Å².